The van der Waals surface area contributed by atoms with Gasteiger partial charge in [0.2, 0.25) is 0 Å². The molecule has 1 heterocycles. The lowest BCUT2D eigenvalue weighted by molar-refractivity contribution is 0.0994. The molecule has 0 atom stereocenters. The maximum Gasteiger partial charge on any atom is 0.180 e. The van der Waals surface area contributed by atoms with Crippen molar-refractivity contribution in [2.45, 2.75) is 19.8 Å². The predicted molar refractivity (Wildman–Crippen MR) is 68.7 cm³/mol. The summed E-state index contributed by atoms with van der Waals surface area (Å²) in [6, 6.07) is 4.18. The fourth-order valence-corrected chi connectivity index (χ4v) is 2.46. The van der Waals surface area contributed by atoms with Crippen LogP contribution in [0.4, 0.5) is 4.39 Å². The van der Waals surface area contributed by atoms with E-state index in [9.17, 15) is 9.18 Å². The summed E-state index contributed by atoms with van der Waals surface area (Å²) in [4.78, 5) is 12.5. The molecule has 1 aromatic carbocycles. The van der Waals surface area contributed by atoms with Crippen LogP contribution >= 0.6 is 23.1 Å². The van der Waals surface area contributed by atoms with E-state index >= 15 is 0 Å². The maximum atomic E-state index is 13.5. The minimum atomic E-state index is -0.428. The molecule has 0 fully saturated rings. The fraction of sp³-hybridized carbons (Fsp3) is 0.250. The topological polar surface area (TPSA) is 42.9 Å². The molecule has 18 heavy (non-hydrogen) atoms. The van der Waals surface area contributed by atoms with Crippen LogP contribution in [0.2, 0.25) is 5.02 Å². The number of Topliss-reactive ketones (excluding diaryl/α,β-unsaturated/α-hetero) is 1. The zero-order valence-electron chi connectivity index (χ0n) is 9.61. The van der Waals surface area contributed by atoms with Gasteiger partial charge in [0.1, 0.15) is 10.7 Å². The third-order valence-electron chi connectivity index (χ3n) is 2.50. The molecular weight excluding hydrogens is 275 g/mol. The van der Waals surface area contributed by atoms with Crippen LogP contribution in [0.15, 0.2) is 18.2 Å². The van der Waals surface area contributed by atoms with Gasteiger partial charge in [0.15, 0.2) is 5.78 Å². The molecule has 2 rings (SSSR count). The summed E-state index contributed by atoms with van der Waals surface area (Å²) in [5.41, 5.74) is 0.954. The second-order valence-corrected chi connectivity index (χ2v) is 4.93. The molecule has 6 heteroatoms. The summed E-state index contributed by atoms with van der Waals surface area (Å²) in [5.74, 6) is -0.605. The zero-order valence-corrected chi connectivity index (χ0v) is 11.2. The van der Waals surface area contributed by atoms with Gasteiger partial charge >= 0.3 is 0 Å². The highest BCUT2D eigenvalue weighted by Gasteiger charge is 2.17. The van der Waals surface area contributed by atoms with Crippen molar-refractivity contribution in [2.24, 2.45) is 0 Å². The van der Waals surface area contributed by atoms with E-state index in [0.29, 0.717) is 27.6 Å². The Labute approximate surface area is 113 Å². The molecule has 0 N–H and O–H groups in total. The number of carbonyl (C=O) groups is 1. The molecule has 0 saturated heterocycles. The first-order chi connectivity index (χ1) is 8.61. The summed E-state index contributed by atoms with van der Waals surface area (Å²) in [6.07, 6.45) is 0.610. The van der Waals surface area contributed by atoms with Crippen molar-refractivity contribution < 1.29 is 9.18 Å². The normalized spacial score (nSPS) is 10.6. The lowest BCUT2D eigenvalue weighted by Gasteiger charge is -2.02. The van der Waals surface area contributed by atoms with Crippen molar-refractivity contribution in [2.75, 3.05) is 0 Å². The van der Waals surface area contributed by atoms with Gasteiger partial charge in [-0.15, -0.1) is 5.10 Å². The smallest absolute Gasteiger partial charge is 0.180 e. The molecule has 0 aliphatic heterocycles. The number of halogens is 2. The average Bonchev–Trinajstić information content (AvgIpc) is 2.82. The van der Waals surface area contributed by atoms with E-state index in [1.54, 1.807) is 0 Å². The van der Waals surface area contributed by atoms with Crippen molar-refractivity contribution in [1.29, 1.82) is 0 Å². The van der Waals surface area contributed by atoms with Crippen molar-refractivity contribution in [3.63, 3.8) is 0 Å². The minimum Gasteiger partial charge on any atom is -0.293 e. The monoisotopic (exact) mass is 284 g/mol. The highest BCUT2D eigenvalue weighted by Crippen LogP contribution is 2.19. The first-order valence-electron chi connectivity index (χ1n) is 5.40. The van der Waals surface area contributed by atoms with Gasteiger partial charge in [0.25, 0.3) is 0 Å². The van der Waals surface area contributed by atoms with Gasteiger partial charge in [-0.1, -0.05) is 23.0 Å². The van der Waals surface area contributed by atoms with Gasteiger partial charge in [-0.05, 0) is 41.7 Å². The zero-order chi connectivity index (χ0) is 13.1. The van der Waals surface area contributed by atoms with Crippen molar-refractivity contribution in [3.8, 4) is 0 Å². The van der Waals surface area contributed by atoms with Gasteiger partial charge in [0, 0.05) is 11.4 Å². The van der Waals surface area contributed by atoms with Crippen LogP contribution < -0.4 is 0 Å². The van der Waals surface area contributed by atoms with E-state index in [2.05, 4.69) is 9.59 Å². The van der Waals surface area contributed by atoms with E-state index in [1.807, 2.05) is 6.92 Å². The third-order valence-corrected chi connectivity index (χ3v) is 3.55. The Balaban J connectivity index is 2.24. The van der Waals surface area contributed by atoms with Gasteiger partial charge < -0.3 is 0 Å². The fourth-order valence-electron chi connectivity index (χ4n) is 1.58. The van der Waals surface area contributed by atoms with E-state index in [-0.39, 0.29) is 12.2 Å². The van der Waals surface area contributed by atoms with E-state index < -0.39 is 5.82 Å². The number of ketones is 1. The summed E-state index contributed by atoms with van der Waals surface area (Å²) in [6.45, 7) is 1.90. The second-order valence-electron chi connectivity index (χ2n) is 3.74. The Morgan fingerprint density at radius 2 is 2.28 bits per heavy atom. The SMILES string of the molecule is CCc1nnsc1C(=O)Cc1cc(Cl)ccc1F. The van der Waals surface area contributed by atoms with Crippen LogP contribution in [-0.2, 0) is 12.8 Å². The van der Waals surface area contributed by atoms with E-state index in [1.165, 1.54) is 18.2 Å². The Kier molecular flexibility index (Phi) is 4.04. The van der Waals surface area contributed by atoms with Crippen molar-refractivity contribution in [1.82, 2.24) is 9.59 Å². The molecule has 0 spiro atoms. The molecule has 0 bridgehead atoms. The molecular formula is C12H10ClFN2OS. The lowest BCUT2D eigenvalue weighted by atomic mass is 10.1. The van der Waals surface area contributed by atoms with Crippen LogP contribution in [0.1, 0.15) is 27.9 Å². The number of rotatable bonds is 4. The third kappa shape index (κ3) is 2.73. The number of aryl methyl sites for hydroxylation is 1. The minimum absolute atomic E-state index is 0.0245. The van der Waals surface area contributed by atoms with Crippen LogP contribution in [-0.4, -0.2) is 15.4 Å². The van der Waals surface area contributed by atoms with Crippen LogP contribution in [0.5, 0.6) is 0 Å². The van der Waals surface area contributed by atoms with Gasteiger partial charge in [-0.3, -0.25) is 4.79 Å². The summed E-state index contributed by atoms with van der Waals surface area (Å²) in [5, 5.41) is 4.28. The Hall–Kier alpha value is -1.33. The predicted octanol–water partition coefficient (Wildman–Crippen LogP) is 3.32. The number of hydrogen-bond acceptors (Lipinski definition) is 4. The quantitative estimate of drug-likeness (QED) is 0.809. The van der Waals surface area contributed by atoms with Crippen LogP contribution in [0, 0.1) is 5.82 Å². The Morgan fingerprint density at radius 1 is 1.50 bits per heavy atom. The van der Waals surface area contributed by atoms with Gasteiger partial charge in [-0.2, -0.15) is 0 Å². The molecule has 0 aliphatic carbocycles. The number of aromatic nitrogens is 2. The average molecular weight is 285 g/mol. The number of hydrogen-bond donors (Lipinski definition) is 0. The van der Waals surface area contributed by atoms with E-state index in [0.717, 1.165) is 11.5 Å². The first-order valence-corrected chi connectivity index (χ1v) is 6.55. The summed E-state index contributed by atoms with van der Waals surface area (Å²) < 4.78 is 17.3. The highest BCUT2D eigenvalue weighted by molar-refractivity contribution is 7.08. The first kappa shape index (κ1) is 13.1. The number of benzene rings is 1. The Morgan fingerprint density at radius 3 is 3.00 bits per heavy atom. The van der Waals surface area contributed by atoms with Crippen molar-refractivity contribution in [3.05, 3.63) is 45.2 Å². The van der Waals surface area contributed by atoms with Crippen LogP contribution in [0.3, 0.4) is 0 Å². The molecule has 0 unspecified atom stereocenters. The highest BCUT2D eigenvalue weighted by atomic mass is 35.5. The Bertz CT molecular complexity index is 585. The molecule has 94 valence electrons. The summed E-state index contributed by atoms with van der Waals surface area (Å²) in [7, 11) is 0. The van der Waals surface area contributed by atoms with Gasteiger partial charge in [-0.25, -0.2) is 4.39 Å². The van der Waals surface area contributed by atoms with Crippen molar-refractivity contribution >= 4 is 28.9 Å². The van der Waals surface area contributed by atoms with Gasteiger partial charge in [0.05, 0.1) is 5.69 Å². The number of carbonyl (C=O) groups excluding carboxylic acids is 1. The standard InChI is InChI=1S/C12H10ClFN2OS/c1-2-10-12(18-16-15-10)11(17)6-7-5-8(13)3-4-9(7)14/h3-5H,2,6H2,1H3. The maximum absolute atomic E-state index is 13.5. The largest absolute Gasteiger partial charge is 0.293 e. The summed E-state index contributed by atoms with van der Waals surface area (Å²) >= 11 is 6.83. The van der Waals surface area contributed by atoms with Crippen LogP contribution in [0.25, 0.3) is 0 Å². The molecule has 1 aromatic heterocycles. The molecule has 3 nitrogen and oxygen atoms in total. The molecule has 0 amide bonds. The molecule has 0 saturated carbocycles. The molecule has 2 aromatic rings. The second kappa shape index (κ2) is 5.54. The molecule has 0 radical (unpaired) electrons. The lowest BCUT2D eigenvalue weighted by Crippen LogP contribution is -2.06. The van der Waals surface area contributed by atoms with E-state index in [4.69, 9.17) is 11.6 Å². The number of nitrogens with zero attached hydrogens (tertiary/aromatic N) is 2. The molecule has 0 aliphatic rings.